The van der Waals surface area contributed by atoms with Crippen LogP contribution in [0.5, 0.6) is 5.75 Å². The molecule has 0 unspecified atom stereocenters. The first-order chi connectivity index (χ1) is 13.6. The maximum Gasteiger partial charge on any atom is 0.332 e. The van der Waals surface area contributed by atoms with Crippen molar-refractivity contribution in [1.29, 1.82) is 0 Å². The van der Waals surface area contributed by atoms with E-state index in [4.69, 9.17) is 4.74 Å². The van der Waals surface area contributed by atoms with E-state index in [-0.39, 0.29) is 15.5 Å². The Bertz CT molecular complexity index is 1240. The number of methoxy groups -OCH3 is 1. The highest BCUT2D eigenvalue weighted by atomic mass is 32.2. The van der Waals surface area contributed by atoms with Crippen LogP contribution < -0.4 is 4.74 Å². The lowest BCUT2D eigenvalue weighted by atomic mass is 10.0. The number of nitrogens with zero attached hydrogens (tertiary/aromatic N) is 2. The van der Waals surface area contributed by atoms with Gasteiger partial charge in [-0.25, -0.2) is 8.42 Å². The third-order valence-corrected chi connectivity index (χ3v) is 6.55. The van der Waals surface area contributed by atoms with E-state index in [2.05, 4.69) is 4.79 Å². The van der Waals surface area contributed by atoms with Crippen LogP contribution in [-0.4, -0.2) is 26.0 Å². The average Bonchev–Trinajstić information content (AvgIpc) is 3.09. The Kier molecular flexibility index (Phi) is 4.43. The fourth-order valence-electron chi connectivity index (χ4n) is 3.39. The molecule has 0 heterocycles. The Hall–Kier alpha value is -3.47. The van der Waals surface area contributed by atoms with Crippen molar-refractivity contribution in [2.24, 2.45) is 0 Å². The molecule has 0 saturated heterocycles. The third-order valence-electron chi connectivity index (χ3n) is 4.69. The van der Waals surface area contributed by atoms with Crippen molar-refractivity contribution in [3.63, 3.8) is 0 Å². The number of sulfone groups is 1. The molecule has 3 aromatic carbocycles. The van der Waals surface area contributed by atoms with Gasteiger partial charge in [-0.15, -0.1) is 0 Å². The summed E-state index contributed by atoms with van der Waals surface area (Å²) in [6.45, 7) is 0. The van der Waals surface area contributed by atoms with E-state index in [0.717, 1.165) is 0 Å². The molecule has 0 saturated carbocycles. The highest BCUT2D eigenvalue weighted by Gasteiger charge is 2.41. The van der Waals surface area contributed by atoms with Crippen molar-refractivity contribution < 1.29 is 17.9 Å². The van der Waals surface area contributed by atoms with Gasteiger partial charge in [-0.05, 0) is 35.9 Å². The van der Waals surface area contributed by atoms with Crippen LogP contribution in [0.3, 0.4) is 0 Å². The van der Waals surface area contributed by atoms with E-state index in [1.807, 2.05) is 0 Å². The lowest BCUT2D eigenvalue weighted by molar-refractivity contribution is -0.00107. The summed E-state index contributed by atoms with van der Waals surface area (Å²) in [5.74, 6) is 0.648. The van der Waals surface area contributed by atoms with Crippen LogP contribution in [-0.2, 0) is 9.84 Å². The van der Waals surface area contributed by atoms with Crippen LogP contribution in [0.25, 0.3) is 16.0 Å². The Morgan fingerprint density at radius 2 is 1.43 bits per heavy atom. The standard InChI is InChI=1S/C22H16N2O3S/c1-27-16-13-11-15(12-14-16)20-21(24-23)18-9-5-6-10-19(18)22(20)28(25,26)17-7-3-2-4-8-17/h2-14H,1H3. The molecule has 28 heavy (non-hydrogen) atoms. The summed E-state index contributed by atoms with van der Waals surface area (Å²) in [5, 5.41) is 0. The molecule has 0 radical (unpaired) electrons. The Morgan fingerprint density at radius 1 is 0.821 bits per heavy atom. The molecule has 0 aliphatic heterocycles. The number of rotatable bonds is 4. The Labute approximate surface area is 163 Å². The van der Waals surface area contributed by atoms with Crippen molar-refractivity contribution in [2.45, 2.75) is 4.90 Å². The Balaban J connectivity index is 2.07. The summed E-state index contributed by atoms with van der Waals surface area (Å²) < 4.78 is 32.3. The van der Waals surface area contributed by atoms with Gasteiger partial charge in [0, 0.05) is 5.56 Å². The van der Waals surface area contributed by atoms with Crippen LogP contribution in [0.2, 0.25) is 0 Å². The zero-order valence-corrected chi connectivity index (χ0v) is 15.8. The normalized spacial score (nSPS) is 13.2. The minimum atomic E-state index is -3.85. The fourth-order valence-corrected chi connectivity index (χ4v) is 5.09. The van der Waals surface area contributed by atoms with Crippen LogP contribution >= 0.6 is 0 Å². The van der Waals surface area contributed by atoms with E-state index in [1.54, 1.807) is 86.0 Å². The largest absolute Gasteiger partial charge is 0.497 e. The number of benzene rings is 3. The molecular weight excluding hydrogens is 372 g/mol. The predicted octanol–water partition coefficient (Wildman–Crippen LogP) is 4.07. The molecule has 0 amide bonds. The molecule has 6 heteroatoms. The molecule has 0 fully saturated rings. The van der Waals surface area contributed by atoms with Gasteiger partial charge >= 0.3 is 5.71 Å². The summed E-state index contributed by atoms with van der Waals surface area (Å²) in [5.41, 5.74) is 12.1. The summed E-state index contributed by atoms with van der Waals surface area (Å²) in [6, 6.07) is 22.3. The molecule has 0 bridgehead atoms. The average molecular weight is 388 g/mol. The van der Waals surface area contributed by atoms with E-state index >= 15 is 0 Å². The van der Waals surface area contributed by atoms with Crippen LogP contribution in [0.15, 0.2) is 83.8 Å². The summed E-state index contributed by atoms with van der Waals surface area (Å²) in [6.07, 6.45) is 0. The van der Waals surface area contributed by atoms with Gasteiger partial charge < -0.3 is 10.3 Å². The maximum atomic E-state index is 13.5. The van der Waals surface area contributed by atoms with Crippen molar-refractivity contribution in [3.05, 3.63) is 101 Å². The second-order valence-electron chi connectivity index (χ2n) is 6.24. The first-order valence-electron chi connectivity index (χ1n) is 8.59. The first kappa shape index (κ1) is 17.9. The topological polar surface area (TPSA) is 79.8 Å². The first-order valence-corrected chi connectivity index (χ1v) is 10.1. The van der Waals surface area contributed by atoms with Crippen LogP contribution in [0.4, 0.5) is 0 Å². The van der Waals surface area contributed by atoms with Gasteiger partial charge in [-0.3, -0.25) is 0 Å². The Morgan fingerprint density at radius 3 is 2.04 bits per heavy atom. The molecule has 0 spiro atoms. The van der Waals surface area contributed by atoms with Gasteiger partial charge in [0.15, 0.2) is 0 Å². The summed E-state index contributed by atoms with van der Waals surface area (Å²) >= 11 is 0. The number of ether oxygens (including phenoxy) is 1. The number of hydrogen-bond donors (Lipinski definition) is 0. The van der Waals surface area contributed by atoms with Crippen LogP contribution in [0.1, 0.15) is 16.7 Å². The SMILES string of the molecule is COc1ccc(C2=C(S(=O)(=O)c3ccccc3)c3ccccc3C2=[N+]=[N-])cc1. The number of hydrogen-bond acceptors (Lipinski definition) is 3. The molecular formula is C22H16N2O3S. The molecule has 0 N–H and O–H groups in total. The van der Waals surface area contributed by atoms with E-state index in [9.17, 15) is 13.9 Å². The third kappa shape index (κ3) is 2.76. The molecule has 0 aromatic heterocycles. The lowest BCUT2D eigenvalue weighted by Crippen LogP contribution is -2.06. The van der Waals surface area contributed by atoms with Crippen LogP contribution in [0, 0.1) is 0 Å². The molecule has 3 aromatic rings. The van der Waals surface area contributed by atoms with Gasteiger partial charge in [0.05, 0.1) is 28.0 Å². The summed E-state index contributed by atoms with van der Waals surface area (Å²) in [4.78, 5) is 3.77. The van der Waals surface area contributed by atoms with E-state index in [0.29, 0.717) is 28.0 Å². The van der Waals surface area contributed by atoms with Crippen molar-refractivity contribution in [2.75, 3.05) is 7.11 Å². The van der Waals surface area contributed by atoms with Crippen molar-refractivity contribution >= 4 is 26.0 Å². The molecule has 5 nitrogen and oxygen atoms in total. The quantitative estimate of drug-likeness (QED) is 0.499. The zero-order valence-electron chi connectivity index (χ0n) is 15.0. The molecule has 138 valence electrons. The smallest absolute Gasteiger partial charge is 0.332 e. The van der Waals surface area contributed by atoms with E-state index < -0.39 is 9.84 Å². The minimum absolute atomic E-state index is 0.132. The minimum Gasteiger partial charge on any atom is -0.497 e. The number of allylic oxidation sites excluding steroid dienone is 1. The van der Waals surface area contributed by atoms with Gasteiger partial charge in [0.1, 0.15) is 5.75 Å². The second kappa shape index (κ2) is 6.93. The molecule has 0 atom stereocenters. The number of fused-ring (bicyclic) bond motifs is 1. The molecule has 1 aliphatic carbocycles. The molecule has 4 rings (SSSR count). The fraction of sp³-hybridized carbons (Fsp3) is 0.0455. The van der Waals surface area contributed by atoms with Gasteiger partial charge in [-0.2, -0.15) is 4.79 Å². The van der Waals surface area contributed by atoms with Crippen molar-refractivity contribution in [1.82, 2.24) is 0 Å². The predicted molar refractivity (Wildman–Crippen MR) is 108 cm³/mol. The van der Waals surface area contributed by atoms with E-state index in [1.165, 1.54) is 0 Å². The highest BCUT2D eigenvalue weighted by Crippen LogP contribution is 2.43. The second-order valence-corrected chi connectivity index (χ2v) is 8.13. The van der Waals surface area contributed by atoms with Gasteiger partial charge in [-0.1, -0.05) is 48.5 Å². The lowest BCUT2D eigenvalue weighted by Gasteiger charge is -2.09. The highest BCUT2D eigenvalue weighted by molar-refractivity contribution is 8.01. The maximum absolute atomic E-state index is 13.5. The van der Waals surface area contributed by atoms with Gasteiger partial charge in [0.2, 0.25) is 9.84 Å². The summed E-state index contributed by atoms with van der Waals surface area (Å²) in [7, 11) is -2.29. The zero-order chi connectivity index (χ0) is 19.7. The monoisotopic (exact) mass is 388 g/mol. The van der Waals surface area contributed by atoms with Crippen molar-refractivity contribution in [3.8, 4) is 5.75 Å². The molecule has 1 aliphatic rings. The van der Waals surface area contributed by atoms with Gasteiger partial charge in [0.25, 0.3) is 0 Å².